The van der Waals surface area contributed by atoms with Crippen molar-refractivity contribution in [1.29, 1.82) is 0 Å². The van der Waals surface area contributed by atoms with E-state index < -0.39 is 5.97 Å². The molecule has 0 atom stereocenters. The van der Waals surface area contributed by atoms with Gasteiger partial charge in [-0.2, -0.15) is 0 Å². The maximum atomic E-state index is 13.7. The summed E-state index contributed by atoms with van der Waals surface area (Å²) in [6.45, 7) is 2.05. The quantitative estimate of drug-likeness (QED) is 0.273. The number of benzene rings is 2. The van der Waals surface area contributed by atoms with Gasteiger partial charge in [-0.3, -0.25) is 4.79 Å². The van der Waals surface area contributed by atoms with Gasteiger partial charge in [0.15, 0.2) is 0 Å². The van der Waals surface area contributed by atoms with Crippen molar-refractivity contribution in [2.75, 3.05) is 11.9 Å². The summed E-state index contributed by atoms with van der Waals surface area (Å²) in [5, 5.41) is 5.22. The number of para-hydroxylation sites is 1. The van der Waals surface area contributed by atoms with Crippen molar-refractivity contribution < 1.29 is 14.3 Å². The van der Waals surface area contributed by atoms with E-state index in [1.54, 1.807) is 31.2 Å². The van der Waals surface area contributed by atoms with Crippen LogP contribution < -0.4 is 5.32 Å². The number of nitrogens with one attached hydrogen (secondary N) is 1. The van der Waals surface area contributed by atoms with Gasteiger partial charge in [-0.25, -0.2) is 9.78 Å². The van der Waals surface area contributed by atoms with Gasteiger partial charge in [-0.15, -0.1) is 11.3 Å². The zero-order valence-corrected chi connectivity index (χ0v) is 21.3. The van der Waals surface area contributed by atoms with E-state index in [1.165, 1.54) is 11.3 Å². The highest BCUT2D eigenvalue weighted by atomic mass is 35.5. The monoisotopic (exact) mass is 524 g/mol. The summed E-state index contributed by atoms with van der Waals surface area (Å²) in [6.07, 6.45) is 3.81. The molecule has 0 aliphatic heterocycles. The van der Waals surface area contributed by atoms with Gasteiger partial charge < -0.3 is 10.1 Å². The molecule has 2 aromatic carbocycles. The Balaban J connectivity index is 1.59. The molecule has 8 heteroatoms. The second-order valence-electron chi connectivity index (χ2n) is 8.29. The highest BCUT2D eigenvalue weighted by molar-refractivity contribution is 7.17. The number of halogens is 2. The first kappa shape index (κ1) is 23.8. The molecule has 2 aromatic heterocycles. The molecular weight excluding hydrogens is 503 g/mol. The maximum Gasteiger partial charge on any atom is 0.341 e. The number of hydrogen-bond acceptors (Lipinski definition) is 5. The average Bonchev–Trinajstić information content (AvgIpc) is 3.21. The van der Waals surface area contributed by atoms with Gasteiger partial charge in [0.05, 0.1) is 34.0 Å². The topological polar surface area (TPSA) is 68.3 Å². The molecular formula is C27H22Cl2N2O3S. The molecule has 4 aromatic rings. The average molecular weight is 525 g/mol. The van der Waals surface area contributed by atoms with Crippen molar-refractivity contribution in [2.24, 2.45) is 0 Å². The summed E-state index contributed by atoms with van der Waals surface area (Å²) in [6, 6.07) is 14.3. The number of thiophene rings is 1. The fraction of sp³-hybridized carbons (Fsp3) is 0.222. The van der Waals surface area contributed by atoms with Crippen LogP contribution in [0.25, 0.3) is 22.2 Å². The molecule has 0 fully saturated rings. The number of rotatable bonds is 5. The Bertz CT molecular complexity index is 1460. The van der Waals surface area contributed by atoms with Crippen LogP contribution in [0.3, 0.4) is 0 Å². The third kappa shape index (κ3) is 4.66. The number of carbonyl (C=O) groups is 2. The number of fused-ring (bicyclic) bond motifs is 2. The molecule has 0 spiro atoms. The number of amides is 1. The van der Waals surface area contributed by atoms with Crippen molar-refractivity contribution in [3.8, 4) is 11.3 Å². The molecule has 5 rings (SSSR count). The Hall–Kier alpha value is -2.93. The van der Waals surface area contributed by atoms with Gasteiger partial charge in [0, 0.05) is 20.8 Å². The predicted molar refractivity (Wildman–Crippen MR) is 142 cm³/mol. The number of carbonyl (C=O) groups excluding carboxylic acids is 2. The number of esters is 1. The van der Waals surface area contributed by atoms with Gasteiger partial charge in [0.1, 0.15) is 5.00 Å². The molecule has 35 heavy (non-hydrogen) atoms. The standard InChI is InChI=1S/C27H22Cl2N2O3S/c1-2-34-27(33)24-18-8-4-6-10-23(18)35-26(24)31-25(32)19-14-22(17-12-11-15(28)13-20(17)29)30-21-9-5-3-7-16(19)21/h3,5,7,9,11-14H,2,4,6,8,10H2,1H3,(H,31,32). The van der Waals surface area contributed by atoms with Crippen LogP contribution in [0.15, 0.2) is 48.5 Å². The highest BCUT2D eigenvalue weighted by Crippen LogP contribution is 2.39. The van der Waals surface area contributed by atoms with Crippen LogP contribution in [0.1, 0.15) is 50.9 Å². The molecule has 0 unspecified atom stereocenters. The molecule has 1 N–H and O–H groups in total. The van der Waals surface area contributed by atoms with Crippen LogP contribution in [0.2, 0.25) is 10.0 Å². The lowest BCUT2D eigenvalue weighted by atomic mass is 9.95. The van der Waals surface area contributed by atoms with Crippen molar-refractivity contribution in [1.82, 2.24) is 4.98 Å². The lowest BCUT2D eigenvalue weighted by Crippen LogP contribution is -2.16. The van der Waals surface area contributed by atoms with E-state index in [0.29, 0.717) is 48.3 Å². The molecule has 0 saturated carbocycles. The van der Waals surface area contributed by atoms with Gasteiger partial charge >= 0.3 is 5.97 Å². The Labute approximate surface area is 217 Å². The van der Waals surface area contributed by atoms with Crippen molar-refractivity contribution in [3.63, 3.8) is 0 Å². The van der Waals surface area contributed by atoms with Gasteiger partial charge in [0.2, 0.25) is 0 Å². The molecule has 0 saturated heterocycles. The number of nitrogens with zero attached hydrogens (tertiary/aromatic N) is 1. The first-order valence-corrected chi connectivity index (χ1v) is 13.0. The van der Waals surface area contributed by atoms with Crippen LogP contribution in [-0.2, 0) is 17.6 Å². The SMILES string of the molecule is CCOC(=O)c1c(NC(=O)c2cc(-c3ccc(Cl)cc3Cl)nc3ccccc23)sc2c1CCCC2. The smallest absolute Gasteiger partial charge is 0.341 e. The number of anilines is 1. The molecule has 1 aliphatic carbocycles. The van der Waals surface area contributed by atoms with Crippen molar-refractivity contribution >= 4 is 62.3 Å². The van der Waals surface area contributed by atoms with Crippen LogP contribution in [-0.4, -0.2) is 23.5 Å². The number of aryl methyl sites for hydroxylation is 1. The summed E-state index contributed by atoms with van der Waals surface area (Å²) in [7, 11) is 0. The molecule has 0 bridgehead atoms. The minimum Gasteiger partial charge on any atom is -0.462 e. The minimum absolute atomic E-state index is 0.275. The first-order chi connectivity index (χ1) is 17.0. The molecule has 1 amide bonds. The van der Waals surface area contributed by atoms with Gasteiger partial charge in [-0.1, -0.05) is 41.4 Å². The zero-order chi connectivity index (χ0) is 24.5. The Morgan fingerprint density at radius 3 is 2.69 bits per heavy atom. The lowest BCUT2D eigenvalue weighted by molar-refractivity contribution is 0.0526. The first-order valence-electron chi connectivity index (χ1n) is 11.4. The third-order valence-corrected chi connectivity index (χ3v) is 7.80. The fourth-order valence-corrected chi connectivity index (χ4v) is 6.22. The third-order valence-electron chi connectivity index (χ3n) is 6.05. The fourth-order valence-electron chi connectivity index (χ4n) is 4.44. The molecule has 2 heterocycles. The van der Waals surface area contributed by atoms with Crippen LogP contribution in [0.4, 0.5) is 5.00 Å². The molecule has 0 radical (unpaired) electrons. The summed E-state index contributed by atoms with van der Waals surface area (Å²) in [4.78, 5) is 32.4. The largest absolute Gasteiger partial charge is 0.462 e. The Morgan fingerprint density at radius 1 is 1.09 bits per heavy atom. The second kappa shape index (κ2) is 9.97. The number of ether oxygens (including phenoxy) is 1. The highest BCUT2D eigenvalue weighted by Gasteiger charge is 2.28. The number of pyridine rings is 1. The second-order valence-corrected chi connectivity index (χ2v) is 10.2. The van der Waals surface area contributed by atoms with Gasteiger partial charge in [-0.05, 0) is 68.5 Å². The summed E-state index contributed by atoms with van der Waals surface area (Å²) in [5.41, 5.74) is 3.83. The van der Waals surface area contributed by atoms with E-state index in [1.807, 2.05) is 24.3 Å². The lowest BCUT2D eigenvalue weighted by Gasteiger charge is -2.13. The molecule has 5 nitrogen and oxygen atoms in total. The van der Waals surface area contributed by atoms with E-state index >= 15 is 0 Å². The summed E-state index contributed by atoms with van der Waals surface area (Å²) >= 11 is 14.0. The van der Waals surface area contributed by atoms with E-state index in [-0.39, 0.29) is 12.5 Å². The van der Waals surface area contributed by atoms with Gasteiger partial charge in [0.25, 0.3) is 5.91 Å². The zero-order valence-electron chi connectivity index (χ0n) is 19.0. The molecule has 178 valence electrons. The van der Waals surface area contributed by atoms with Crippen LogP contribution >= 0.6 is 34.5 Å². The van der Waals surface area contributed by atoms with Crippen LogP contribution in [0.5, 0.6) is 0 Å². The predicted octanol–water partition coefficient (Wildman–Crippen LogP) is 7.58. The Morgan fingerprint density at radius 2 is 1.89 bits per heavy atom. The van der Waals surface area contributed by atoms with Crippen molar-refractivity contribution in [2.45, 2.75) is 32.6 Å². The van der Waals surface area contributed by atoms with Crippen LogP contribution in [0, 0.1) is 0 Å². The van der Waals surface area contributed by atoms with Crippen molar-refractivity contribution in [3.05, 3.63) is 80.1 Å². The minimum atomic E-state index is -0.393. The number of aromatic nitrogens is 1. The molecule has 1 aliphatic rings. The summed E-state index contributed by atoms with van der Waals surface area (Å²) in [5.74, 6) is -0.713. The van der Waals surface area contributed by atoms with E-state index in [9.17, 15) is 9.59 Å². The number of hydrogen-bond donors (Lipinski definition) is 1. The van der Waals surface area contributed by atoms with E-state index in [2.05, 4.69) is 5.32 Å². The maximum absolute atomic E-state index is 13.7. The normalized spacial score (nSPS) is 12.9. The van der Waals surface area contributed by atoms with E-state index in [0.717, 1.165) is 36.1 Å². The van der Waals surface area contributed by atoms with E-state index in [4.69, 9.17) is 32.9 Å². The summed E-state index contributed by atoms with van der Waals surface area (Å²) < 4.78 is 5.33. The Kier molecular flexibility index (Phi) is 6.78.